The summed E-state index contributed by atoms with van der Waals surface area (Å²) < 4.78 is 0. The normalized spacial score (nSPS) is 12.3. The second-order valence-corrected chi connectivity index (χ2v) is 3.66. The Morgan fingerprint density at radius 1 is 1.67 bits per heavy atom. The van der Waals surface area contributed by atoms with Crippen molar-refractivity contribution in [3.63, 3.8) is 0 Å². The van der Waals surface area contributed by atoms with E-state index in [-0.39, 0.29) is 12.6 Å². The zero-order valence-electron chi connectivity index (χ0n) is 9.03. The van der Waals surface area contributed by atoms with E-state index in [2.05, 4.69) is 15.3 Å². The van der Waals surface area contributed by atoms with Gasteiger partial charge in [0, 0.05) is 14.1 Å². The number of rotatable bonds is 4. The van der Waals surface area contributed by atoms with Crippen molar-refractivity contribution in [2.75, 3.05) is 30.9 Å². The predicted octanol–water partition coefficient (Wildman–Crippen LogP) is 0.989. The lowest BCUT2D eigenvalue weighted by atomic mass is 10.3. The fraction of sp³-hybridized carbons (Fsp3) is 0.556. The summed E-state index contributed by atoms with van der Waals surface area (Å²) in [6.07, 6.45) is 1.54. The fourth-order valence-electron chi connectivity index (χ4n) is 1.06. The number of likely N-dealkylation sites (N-methyl/N-ethyl adjacent to an activating group) is 1. The Morgan fingerprint density at radius 3 is 2.87 bits per heavy atom. The van der Waals surface area contributed by atoms with Crippen LogP contribution in [0.5, 0.6) is 0 Å². The molecule has 0 aliphatic heterocycles. The third-order valence-electron chi connectivity index (χ3n) is 2.21. The van der Waals surface area contributed by atoms with Crippen LogP contribution in [0, 0.1) is 0 Å². The van der Waals surface area contributed by atoms with Crippen LogP contribution in [0.3, 0.4) is 0 Å². The highest BCUT2D eigenvalue weighted by molar-refractivity contribution is 6.32. The summed E-state index contributed by atoms with van der Waals surface area (Å²) in [5, 5.41) is 12.3. The fourth-order valence-corrected chi connectivity index (χ4v) is 1.28. The van der Waals surface area contributed by atoms with Gasteiger partial charge in [-0.05, 0) is 6.92 Å². The Kier molecular flexibility index (Phi) is 4.11. The quantitative estimate of drug-likeness (QED) is 0.808. The predicted molar refractivity (Wildman–Crippen MR) is 61.5 cm³/mol. The van der Waals surface area contributed by atoms with E-state index in [9.17, 15) is 0 Å². The van der Waals surface area contributed by atoms with Gasteiger partial charge in [0.2, 0.25) is 5.95 Å². The van der Waals surface area contributed by atoms with Gasteiger partial charge in [0.1, 0.15) is 5.02 Å². The van der Waals surface area contributed by atoms with E-state index in [0.29, 0.717) is 16.8 Å². The molecule has 2 N–H and O–H groups in total. The van der Waals surface area contributed by atoms with Crippen molar-refractivity contribution in [1.29, 1.82) is 0 Å². The number of aromatic nitrogens is 2. The van der Waals surface area contributed by atoms with Crippen molar-refractivity contribution >= 4 is 23.4 Å². The van der Waals surface area contributed by atoms with Crippen molar-refractivity contribution in [1.82, 2.24) is 9.97 Å². The van der Waals surface area contributed by atoms with Gasteiger partial charge in [-0.3, -0.25) is 0 Å². The van der Waals surface area contributed by atoms with Gasteiger partial charge >= 0.3 is 0 Å². The molecule has 0 amide bonds. The molecule has 0 aliphatic carbocycles. The van der Waals surface area contributed by atoms with Crippen molar-refractivity contribution in [2.24, 2.45) is 0 Å². The lowest BCUT2D eigenvalue weighted by molar-refractivity contribution is 0.270. The van der Waals surface area contributed by atoms with Gasteiger partial charge in [-0.2, -0.15) is 4.98 Å². The Morgan fingerprint density at radius 2 is 2.33 bits per heavy atom. The van der Waals surface area contributed by atoms with Crippen molar-refractivity contribution < 1.29 is 5.11 Å². The maximum Gasteiger partial charge on any atom is 0.224 e. The topological polar surface area (TPSA) is 61.3 Å². The van der Waals surface area contributed by atoms with Gasteiger partial charge in [0.05, 0.1) is 18.8 Å². The summed E-state index contributed by atoms with van der Waals surface area (Å²) in [7, 11) is 3.57. The summed E-state index contributed by atoms with van der Waals surface area (Å²) in [6, 6.07) is -0.0397. The van der Waals surface area contributed by atoms with Gasteiger partial charge in [0.15, 0.2) is 5.82 Å². The Bertz CT molecular complexity index is 334. The highest BCUT2D eigenvalue weighted by Crippen LogP contribution is 2.23. The molecule has 0 aliphatic rings. The summed E-state index contributed by atoms with van der Waals surface area (Å²) in [5.41, 5.74) is 0. The molecule has 15 heavy (non-hydrogen) atoms. The lowest BCUT2D eigenvalue weighted by Crippen LogP contribution is -2.32. The standard InChI is InChI=1S/C9H15ClN4O/c1-6(5-15)14(3)8-7(10)4-12-9(11-2)13-8/h4,6,15H,5H2,1-3H3,(H,11,12,13). The van der Waals surface area contributed by atoms with Gasteiger partial charge in [0.25, 0.3) is 0 Å². The highest BCUT2D eigenvalue weighted by Gasteiger charge is 2.14. The molecule has 5 nitrogen and oxygen atoms in total. The first-order valence-corrected chi connectivity index (χ1v) is 5.02. The van der Waals surface area contributed by atoms with Crippen molar-refractivity contribution in [2.45, 2.75) is 13.0 Å². The van der Waals surface area contributed by atoms with Gasteiger partial charge in [-0.1, -0.05) is 11.6 Å². The molecule has 0 fully saturated rings. The molecule has 0 bridgehead atoms. The van der Waals surface area contributed by atoms with Crippen LogP contribution in [0.25, 0.3) is 0 Å². The average molecular weight is 231 g/mol. The number of nitrogens with one attached hydrogen (secondary N) is 1. The zero-order valence-corrected chi connectivity index (χ0v) is 9.78. The summed E-state index contributed by atoms with van der Waals surface area (Å²) in [6.45, 7) is 1.93. The van der Waals surface area contributed by atoms with Gasteiger partial charge in [-0.15, -0.1) is 0 Å². The van der Waals surface area contributed by atoms with E-state index < -0.39 is 0 Å². The Balaban J connectivity index is 3.01. The molecular weight excluding hydrogens is 216 g/mol. The second-order valence-electron chi connectivity index (χ2n) is 3.26. The third kappa shape index (κ3) is 2.70. The van der Waals surface area contributed by atoms with Crippen LogP contribution in [0.15, 0.2) is 6.20 Å². The monoisotopic (exact) mass is 230 g/mol. The highest BCUT2D eigenvalue weighted by atomic mass is 35.5. The molecule has 1 heterocycles. The Hall–Kier alpha value is -1.07. The molecule has 84 valence electrons. The molecule has 1 unspecified atom stereocenters. The lowest BCUT2D eigenvalue weighted by Gasteiger charge is -2.25. The van der Waals surface area contributed by atoms with Crippen molar-refractivity contribution in [3.8, 4) is 0 Å². The number of hydrogen-bond acceptors (Lipinski definition) is 5. The third-order valence-corrected chi connectivity index (χ3v) is 2.48. The maximum absolute atomic E-state index is 9.04. The van der Waals surface area contributed by atoms with E-state index in [1.165, 1.54) is 6.20 Å². The second kappa shape index (κ2) is 5.14. The number of aliphatic hydroxyl groups is 1. The number of anilines is 2. The van der Waals surface area contributed by atoms with E-state index in [4.69, 9.17) is 16.7 Å². The molecule has 0 radical (unpaired) electrons. The zero-order chi connectivity index (χ0) is 11.4. The first-order valence-electron chi connectivity index (χ1n) is 4.64. The van der Waals surface area contributed by atoms with Crippen LogP contribution in [0.2, 0.25) is 5.02 Å². The number of aliphatic hydroxyl groups excluding tert-OH is 1. The Labute approximate surface area is 94.1 Å². The van der Waals surface area contributed by atoms with E-state index in [1.54, 1.807) is 7.05 Å². The molecule has 1 atom stereocenters. The van der Waals surface area contributed by atoms with Crippen LogP contribution in [0.4, 0.5) is 11.8 Å². The summed E-state index contributed by atoms with van der Waals surface area (Å²) in [4.78, 5) is 10.0. The molecule has 6 heteroatoms. The van der Waals surface area contributed by atoms with Gasteiger partial charge < -0.3 is 15.3 Å². The smallest absolute Gasteiger partial charge is 0.224 e. The minimum absolute atomic E-state index is 0.0397. The van der Waals surface area contributed by atoms with E-state index in [1.807, 2.05) is 18.9 Å². The molecule has 0 saturated carbocycles. The number of halogens is 1. The maximum atomic E-state index is 9.04. The van der Waals surface area contributed by atoms with E-state index >= 15 is 0 Å². The molecule has 1 rings (SSSR count). The van der Waals surface area contributed by atoms with Crippen LogP contribution in [-0.4, -0.2) is 41.8 Å². The molecule has 1 aromatic rings. The molecule has 0 aromatic carbocycles. The van der Waals surface area contributed by atoms with Crippen LogP contribution in [0.1, 0.15) is 6.92 Å². The average Bonchev–Trinajstić information content (AvgIpc) is 2.27. The number of hydrogen-bond donors (Lipinski definition) is 2. The largest absolute Gasteiger partial charge is 0.394 e. The van der Waals surface area contributed by atoms with Crippen LogP contribution < -0.4 is 10.2 Å². The van der Waals surface area contributed by atoms with Crippen LogP contribution in [-0.2, 0) is 0 Å². The summed E-state index contributed by atoms with van der Waals surface area (Å²) >= 11 is 5.97. The molecule has 0 saturated heterocycles. The van der Waals surface area contributed by atoms with Gasteiger partial charge in [-0.25, -0.2) is 4.98 Å². The van der Waals surface area contributed by atoms with Crippen molar-refractivity contribution in [3.05, 3.63) is 11.2 Å². The minimum atomic E-state index is -0.0397. The molecular formula is C9H15ClN4O. The molecule has 1 aromatic heterocycles. The SMILES string of the molecule is CNc1ncc(Cl)c(N(C)C(C)CO)n1. The summed E-state index contributed by atoms with van der Waals surface area (Å²) in [5.74, 6) is 1.11. The molecule has 0 spiro atoms. The van der Waals surface area contributed by atoms with Crippen LogP contribution >= 0.6 is 11.6 Å². The minimum Gasteiger partial charge on any atom is -0.394 e. The van der Waals surface area contributed by atoms with E-state index in [0.717, 1.165) is 0 Å². The first kappa shape index (κ1) is 12.0. The number of nitrogens with zero attached hydrogens (tertiary/aromatic N) is 3. The first-order chi connectivity index (χ1) is 7.10.